The van der Waals surface area contributed by atoms with Gasteiger partial charge in [0.2, 0.25) is 11.8 Å². The maximum atomic E-state index is 13.8. The fourth-order valence-electron chi connectivity index (χ4n) is 4.90. The molecule has 3 amide bonds. The number of nitrogens with zero attached hydrogens (tertiary/aromatic N) is 1. The number of nitrogens with two attached hydrogens (primary N) is 1. The summed E-state index contributed by atoms with van der Waals surface area (Å²) in [5.41, 5.74) is 9.87. The number of benzene rings is 3. The number of amides is 3. The Morgan fingerprint density at radius 2 is 1.69 bits per heavy atom. The summed E-state index contributed by atoms with van der Waals surface area (Å²) in [7, 11) is 1.51. The molecule has 0 aliphatic carbocycles. The second-order valence-corrected chi connectivity index (χ2v) is 10.7. The van der Waals surface area contributed by atoms with Crippen molar-refractivity contribution in [1.29, 1.82) is 0 Å². The lowest BCUT2D eigenvalue weighted by atomic mass is 9.94. The Bertz CT molecular complexity index is 1350. The van der Waals surface area contributed by atoms with Crippen LogP contribution in [0.5, 0.6) is 5.75 Å². The fraction of sp³-hybridized carbons (Fsp3) is 0.323. The molecule has 204 valence electrons. The van der Waals surface area contributed by atoms with Crippen LogP contribution in [-0.2, 0) is 16.1 Å². The molecule has 3 aromatic rings. The molecule has 2 unspecified atom stereocenters. The first-order chi connectivity index (χ1) is 18.6. The van der Waals surface area contributed by atoms with Crippen molar-refractivity contribution >= 4 is 23.6 Å². The van der Waals surface area contributed by atoms with Crippen LogP contribution in [0.1, 0.15) is 50.7 Å². The van der Waals surface area contributed by atoms with Crippen molar-refractivity contribution in [2.24, 2.45) is 5.73 Å². The number of rotatable bonds is 7. The second-order valence-electron chi connectivity index (χ2n) is 10.7. The molecule has 1 aliphatic heterocycles. The molecule has 0 fully saturated rings. The van der Waals surface area contributed by atoms with Crippen LogP contribution in [0.25, 0.3) is 11.1 Å². The van der Waals surface area contributed by atoms with E-state index in [0.717, 1.165) is 27.9 Å². The monoisotopic (exact) mass is 528 g/mol. The van der Waals surface area contributed by atoms with Crippen LogP contribution < -0.4 is 26.0 Å². The molecular formula is C31H36N4O4. The van der Waals surface area contributed by atoms with Gasteiger partial charge in [-0.1, -0.05) is 67.6 Å². The van der Waals surface area contributed by atoms with E-state index in [-0.39, 0.29) is 24.2 Å². The van der Waals surface area contributed by atoms with Gasteiger partial charge in [-0.3, -0.25) is 9.59 Å². The van der Waals surface area contributed by atoms with E-state index in [0.29, 0.717) is 18.7 Å². The van der Waals surface area contributed by atoms with Gasteiger partial charge >= 0.3 is 6.09 Å². The molecule has 0 bridgehead atoms. The van der Waals surface area contributed by atoms with Crippen molar-refractivity contribution in [2.75, 3.05) is 11.9 Å². The highest BCUT2D eigenvalue weighted by atomic mass is 16.6. The average Bonchev–Trinajstić information content (AvgIpc) is 2.99. The van der Waals surface area contributed by atoms with E-state index in [1.165, 1.54) is 7.05 Å². The van der Waals surface area contributed by atoms with Crippen molar-refractivity contribution in [3.05, 3.63) is 83.9 Å². The summed E-state index contributed by atoms with van der Waals surface area (Å²) in [6, 6.07) is 22.4. The molecule has 4 N–H and O–H groups in total. The summed E-state index contributed by atoms with van der Waals surface area (Å²) in [6.45, 7) is 6.00. The zero-order valence-electron chi connectivity index (χ0n) is 22.9. The Morgan fingerprint density at radius 1 is 1.03 bits per heavy atom. The van der Waals surface area contributed by atoms with Gasteiger partial charge in [-0.05, 0) is 55.0 Å². The largest absolute Gasteiger partial charge is 0.412 e. The lowest BCUT2D eigenvalue weighted by Crippen LogP contribution is -2.50. The molecule has 39 heavy (non-hydrogen) atoms. The van der Waals surface area contributed by atoms with Gasteiger partial charge in [0.15, 0.2) is 0 Å². The molecule has 1 aliphatic rings. The number of carbonyl (C=O) groups excluding carboxylic acids is 3. The van der Waals surface area contributed by atoms with Crippen molar-refractivity contribution in [2.45, 2.75) is 57.7 Å². The van der Waals surface area contributed by atoms with E-state index in [2.05, 4.69) is 17.6 Å². The predicted octanol–water partition coefficient (Wildman–Crippen LogP) is 4.72. The molecule has 0 spiro atoms. The molecule has 8 nitrogen and oxygen atoms in total. The zero-order valence-corrected chi connectivity index (χ0v) is 22.9. The third-order valence-electron chi connectivity index (χ3n) is 6.76. The lowest BCUT2D eigenvalue weighted by Gasteiger charge is -2.27. The smallest absolute Gasteiger partial charge is 0.410 e. The molecule has 0 saturated heterocycles. The van der Waals surface area contributed by atoms with Crippen molar-refractivity contribution in [1.82, 2.24) is 10.6 Å². The van der Waals surface area contributed by atoms with Crippen molar-refractivity contribution in [3.8, 4) is 16.9 Å². The number of hydrogen-bond acceptors (Lipinski definition) is 5. The summed E-state index contributed by atoms with van der Waals surface area (Å²) in [6.07, 6.45) is 0.0952. The fourth-order valence-corrected chi connectivity index (χ4v) is 4.90. The molecule has 0 radical (unpaired) electrons. The minimum atomic E-state index is -0.669. The van der Waals surface area contributed by atoms with Gasteiger partial charge in [0.25, 0.3) is 0 Å². The first kappa shape index (κ1) is 27.9. The molecule has 4 rings (SSSR count). The minimum Gasteiger partial charge on any atom is -0.410 e. The van der Waals surface area contributed by atoms with Gasteiger partial charge in [-0.25, -0.2) is 4.79 Å². The maximum Gasteiger partial charge on any atom is 0.412 e. The number of carbonyl (C=O) groups is 3. The van der Waals surface area contributed by atoms with E-state index in [4.69, 9.17) is 10.5 Å². The second kappa shape index (κ2) is 11.7. The molecule has 1 heterocycles. The molecule has 0 saturated carbocycles. The number of anilines is 1. The van der Waals surface area contributed by atoms with E-state index in [1.54, 1.807) is 24.8 Å². The molecule has 0 aromatic heterocycles. The van der Waals surface area contributed by atoms with E-state index in [9.17, 15) is 14.4 Å². The van der Waals surface area contributed by atoms with Crippen LogP contribution in [0.2, 0.25) is 0 Å². The zero-order chi connectivity index (χ0) is 28.2. The molecule has 8 heteroatoms. The van der Waals surface area contributed by atoms with E-state index in [1.807, 2.05) is 66.7 Å². The van der Waals surface area contributed by atoms with Gasteiger partial charge in [-0.2, -0.15) is 0 Å². The Labute approximate surface area is 229 Å². The summed E-state index contributed by atoms with van der Waals surface area (Å²) >= 11 is 0. The van der Waals surface area contributed by atoms with Crippen molar-refractivity contribution < 1.29 is 19.1 Å². The quantitative estimate of drug-likeness (QED) is 0.411. The number of ether oxygens (including phenoxy) is 1. The Morgan fingerprint density at radius 3 is 2.38 bits per heavy atom. The SMILES string of the molecule is CNC(=O)Oc1ccccc1-c1ccc(CN2C(=O)C(NC(=O)CC(C)(C)N)CC(C)c3ccccc32)cc1. The average molecular weight is 529 g/mol. The van der Waals surface area contributed by atoms with Crippen LogP contribution in [0.15, 0.2) is 72.8 Å². The highest BCUT2D eigenvalue weighted by Crippen LogP contribution is 2.36. The number of fused-ring (bicyclic) bond motifs is 1. The topological polar surface area (TPSA) is 114 Å². The van der Waals surface area contributed by atoms with Crippen LogP contribution in [-0.4, -0.2) is 36.5 Å². The standard InChI is InChI=1S/C31H36N4O4/c1-20-17-25(34-28(36)18-31(2,3)32)29(37)35(26-11-7-5-9-23(20)26)19-21-13-15-22(16-14-21)24-10-6-8-12-27(24)39-30(38)33-4/h5-16,20,25H,17-19,32H2,1-4H3,(H,33,38)(H,34,36). The van der Waals surface area contributed by atoms with Gasteiger partial charge in [0.05, 0.1) is 6.54 Å². The van der Waals surface area contributed by atoms with Crippen LogP contribution in [0.3, 0.4) is 0 Å². The summed E-state index contributed by atoms with van der Waals surface area (Å²) in [5.74, 6) is 0.143. The predicted molar refractivity (Wildman–Crippen MR) is 152 cm³/mol. The number of para-hydroxylation sites is 2. The Hall–Kier alpha value is -4.17. The number of nitrogens with one attached hydrogen (secondary N) is 2. The number of hydrogen-bond donors (Lipinski definition) is 3. The van der Waals surface area contributed by atoms with Crippen LogP contribution >= 0.6 is 0 Å². The first-order valence-corrected chi connectivity index (χ1v) is 13.1. The van der Waals surface area contributed by atoms with E-state index >= 15 is 0 Å². The third kappa shape index (κ3) is 6.83. The minimum absolute atomic E-state index is 0.0746. The van der Waals surface area contributed by atoms with Gasteiger partial charge in [-0.15, -0.1) is 0 Å². The lowest BCUT2D eigenvalue weighted by molar-refractivity contribution is -0.128. The van der Waals surface area contributed by atoms with Crippen molar-refractivity contribution in [3.63, 3.8) is 0 Å². The summed E-state index contributed by atoms with van der Waals surface area (Å²) in [4.78, 5) is 40.1. The van der Waals surface area contributed by atoms with Gasteiger partial charge in [0.1, 0.15) is 11.8 Å². The highest BCUT2D eigenvalue weighted by molar-refractivity contribution is 6.00. The summed E-state index contributed by atoms with van der Waals surface area (Å²) < 4.78 is 5.41. The highest BCUT2D eigenvalue weighted by Gasteiger charge is 2.34. The van der Waals surface area contributed by atoms with Gasteiger partial charge in [0, 0.05) is 30.3 Å². The molecule has 2 atom stereocenters. The summed E-state index contributed by atoms with van der Waals surface area (Å²) in [5, 5.41) is 5.41. The maximum absolute atomic E-state index is 13.8. The van der Waals surface area contributed by atoms with Gasteiger partial charge < -0.3 is 26.0 Å². The molecule has 3 aromatic carbocycles. The Balaban J connectivity index is 1.61. The normalized spacial score (nSPS) is 17.2. The van der Waals surface area contributed by atoms with E-state index < -0.39 is 17.7 Å². The van der Waals surface area contributed by atoms with Crippen LogP contribution in [0.4, 0.5) is 10.5 Å². The van der Waals surface area contributed by atoms with Crippen LogP contribution in [0, 0.1) is 0 Å². The third-order valence-corrected chi connectivity index (χ3v) is 6.76. The Kier molecular flexibility index (Phi) is 8.35. The first-order valence-electron chi connectivity index (χ1n) is 13.1. The molecular weight excluding hydrogens is 492 g/mol.